The van der Waals surface area contributed by atoms with Crippen molar-refractivity contribution < 1.29 is 13.2 Å². The lowest BCUT2D eigenvalue weighted by atomic mass is 10.1. The average Bonchev–Trinajstić information content (AvgIpc) is 2.28. The first kappa shape index (κ1) is 14.4. The molecule has 0 unspecified atom stereocenters. The van der Waals surface area contributed by atoms with Crippen molar-refractivity contribution in [2.45, 2.75) is 6.18 Å². The molecular weight excluding hydrogens is 288 g/mol. The second kappa shape index (κ2) is 5.30. The van der Waals surface area contributed by atoms with Crippen LogP contribution in [-0.2, 0) is 6.18 Å². The third-order valence-corrected chi connectivity index (χ3v) is 2.69. The van der Waals surface area contributed by atoms with Crippen LogP contribution in [-0.4, -0.2) is 0 Å². The molecule has 0 fully saturated rings. The van der Waals surface area contributed by atoms with E-state index in [4.69, 9.17) is 33.7 Å². The van der Waals surface area contributed by atoms with Crippen molar-refractivity contribution in [3.63, 3.8) is 0 Å². The summed E-state index contributed by atoms with van der Waals surface area (Å²) in [5, 5.41) is 16.4. The summed E-state index contributed by atoms with van der Waals surface area (Å²) in [5.41, 5.74) is -1.33. The van der Waals surface area contributed by atoms with Crippen LogP contribution in [0.15, 0.2) is 23.8 Å². The van der Waals surface area contributed by atoms with Gasteiger partial charge in [0, 0.05) is 0 Å². The smallest absolute Gasteiger partial charge is 0.192 e. The highest BCUT2D eigenvalue weighted by molar-refractivity contribution is 6.50. The van der Waals surface area contributed by atoms with Gasteiger partial charge in [0.2, 0.25) is 0 Å². The van der Waals surface area contributed by atoms with E-state index in [1.165, 1.54) is 12.1 Å². The number of hydrogen-bond donors (Lipinski definition) is 0. The summed E-state index contributed by atoms with van der Waals surface area (Å²) in [4.78, 5) is 0. The minimum atomic E-state index is -4.57. The van der Waals surface area contributed by atoms with Gasteiger partial charge in [0.1, 0.15) is 17.7 Å². The first-order valence-electron chi connectivity index (χ1n) is 4.38. The zero-order chi connectivity index (χ0) is 13.9. The van der Waals surface area contributed by atoms with Gasteiger partial charge in [-0.15, -0.1) is 0 Å². The molecule has 0 aliphatic rings. The largest absolute Gasteiger partial charge is 0.417 e. The van der Waals surface area contributed by atoms with Crippen molar-refractivity contribution in [2.75, 3.05) is 0 Å². The molecule has 0 radical (unpaired) electrons. The minimum Gasteiger partial charge on any atom is -0.192 e. The molecule has 0 aliphatic heterocycles. The summed E-state index contributed by atoms with van der Waals surface area (Å²) in [6.07, 6.45) is -4.57. The third-order valence-electron chi connectivity index (χ3n) is 1.97. The minimum absolute atomic E-state index is 0.0766. The maximum atomic E-state index is 12.4. The summed E-state index contributed by atoms with van der Waals surface area (Å²) in [7, 11) is 0. The highest BCUT2D eigenvalue weighted by Crippen LogP contribution is 2.36. The van der Waals surface area contributed by atoms with Crippen molar-refractivity contribution in [1.82, 2.24) is 0 Å². The molecule has 0 N–H and O–H groups in total. The molecule has 0 saturated carbocycles. The van der Waals surface area contributed by atoms with Crippen molar-refractivity contribution in [1.29, 1.82) is 10.5 Å². The van der Waals surface area contributed by atoms with E-state index in [1.807, 2.05) is 0 Å². The Labute approximate surface area is 110 Å². The van der Waals surface area contributed by atoms with Gasteiger partial charge in [0.15, 0.2) is 0 Å². The standard InChI is InChI=1S/C11H3Cl2F3N2/c12-9-3-6(10(13)7(4-17)5-18)1-2-8(9)11(14,15)16/h1-3H. The molecule has 0 spiro atoms. The lowest BCUT2D eigenvalue weighted by molar-refractivity contribution is -0.137. The fraction of sp³-hybridized carbons (Fsp3) is 0.0909. The Balaban J connectivity index is 3.35. The van der Waals surface area contributed by atoms with Crippen LogP contribution in [0.5, 0.6) is 0 Å². The van der Waals surface area contributed by atoms with E-state index in [9.17, 15) is 13.2 Å². The molecule has 0 heterocycles. The fourth-order valence-corrected chi connectivity index (χ4v) is 1.64. The highest BCUT2D eigenvalue weighted by atomic mass is 35.5. The van der Waals surface area contributed by atoms with Gasteiger partial charge in [-0.3, -0.25) is 0 Å². The first-order valence-corrected chi connectivity index (χ1v) is 5.14. The Morgan fingerprint density at radius 3 is 2.11 bits per heavy atom. The van der Waals surface area contributed by atoms with Crippen LogP contribution in [0.25, 0.3) is 5.03 Å². The molecule has 18 heavy (non-hydrogen) atoms. The second-order valence-corrected chi connectivity index (χ2v) is 3.89. The molecule has 0 amide bonds. The van der Waals surface area contributed by atoms with Crippen LogP contribution in [0.2, 0.25) is 5.02 Å². The number of benzene rings is 1. The maximum Gasteiger partial charge on any atom is 0.417 e. The predicted octanol–water partition coefficient (Wildman–Crippen LogP) is 4.36. The van der Waals surface area contributed by atoms with Gasteiger partial charge >= 0.3 is 6.18 Å². The van der Waals surface area contributed by atoms with Gasteiger partial charge < -0.3 is 0 Å². The van der Waals surface area contributed by atoms with Crippen LogP contribution < -0.4 is 0 Å². The van der Waals surface area contributed by atoms with E-state index in [-0.39, 0.29) is 10.6 Å². The molecule has 0 aliphatic carbocycles. The number of nitrogens with zero attached hydrogens (tertiary/aromatic N) is 2. The highest BCUT2D eigenvalue weighted by Gasteiger charge is 2.33. The summed E-state index contributed by atoms with van der Waals surface area (Å²) in [6.45, 7) is 0. The third kappa shape index (κ3) is 2.95. The Morgan fingerprint density at radius 2 is 1.72 bits per heavy atom. The van der Waals surface area contributed by atoms with E-state index in [0.717, 1.165) is 18.2 Å². The second-order valence-electron chi connectivity index (χ2n) is 3.10. The summed E-state index contributed by atoms with van der Waals surface area (Å²) in [5.74, 6) is 0. The Kier molecular flexibility index (Phi) is 4.24. The van der Waals surface area contributed by atoms with Gasteiger partial charge in [-0.05, 0) is 17.7 Å². The number of halogens is 5. The predicted molar refractivity (Wildman–Crippen MR) is 60.5 cm³/mol. The number of allylic oxidation sites excluding steroid dienone is 1. The zero-order valence-electron chi connectivity index (χ0n) is 8.52. The SMILES string of the molecule is N#CC(C#N)=C(Cl)c1ccc(C(F)(F)F)c(Cl)c1. The molecule has 1 aromatic carbocycles. The average molecular weight is 291 g/mol. The van der Waals surface area contributed by atoms with Crippen molar-refractivity contribution in [3.05, 3.63) is 39.9 Å². The Hall–Kier alpha value is -1.69. The molecule has 0 atom stereocenters. The first-order chi connectivity index (χ1) is 8.31. The molecule has 7 heteroatoms. The molecule has 1 rings (SSSR count). The van der Waals surface area contributed by atoms with E-state index in [2.05, 4.69) is 0 Å². The van der Waals surface area contributed by atoms with E-state index >= 15 is 0 Å². The van der Waals surface area contributed by atoms with Crippen LogP contribution in [0.4, 0.5) is 13.2 Å². The van der Waals surface area contributed by atoms with Gasteiger partial charge in [0.05, 0.1) is 15.6 Å². The van der Waals surface area contributed by atoms with Crippen LogP contribution in [0.3, 0.4) is 0 Å². The maximum absolute atomic E-state index is 12.4. The van der Waals surface area contributed by atoms with Gasteiger partial charge in [-0.2, -0.15) is 23.7 Å². The number of nitriles is 2. The summed E-state index contributed by atoms with van der Waals surface area (Å²) in [6, 6.07) is 5.82. The van der Waals surface area contributed by atoms with E-state index in [0.29, 0.717) is 0 Å². The number of rotatable bonds is 1. The van der Waals surface area contributed by atoms with Gasteiger partial charge in [-0.25, -0.2) is 0 Å². The molecule has 0 aromatic heterocycles. The van der Waals surface area contributed by atoms with Crippen molar-refractivity contribution in [2.24, 2.45) is 0 Å². The molecule has 0 saturated heterocycles. The molecule has 1 aromatic rings. The lowest BCUT2D eigenvalue weighted by Crippen LogP contribution is -2.05. The van der Waals surface area contributed by atoms with E-state index < -0.39 is 22.3 Å². The van der Waals surface area contributed by atoms with Crippen LogP contribution in [0, 0.1) is 22.7 Å². The van der Waals surface area contributed by atoms with Gasteiger partial charge in [0.25, 0.3) is 0 Å². The normalized spacial score (nSPS) is 10.4. The van der Waals surface area contributed by atoms with E-state index in [1.54, 1.807) is 0 Å². The lowest BCUT2D eigenvalue weighted by Gasteiger charge is -2.09. The van der Waals surface area contributed by atoms with Crippen molar-refractivity contribution >= 4 is 28.2 Å². The summed E-state index contributed by atoms with van der Waals surface area (Å²) < 4.78 is 37.3. The summed E-state index contributed by atoms with van der Waals surface area (Å²) >= 11 is 11.2. The topological polar surface area (TPSA) is 47.6 Å². The Bertz CT molecular complexity index is 576. The number of hydrogen-bond acceptors (Lipinski definition) is 2. The monoisotopic (exact) mass is 290 g/mol. The number of alkyl halides is 3. The Morgan fingerprint density at radius 1 is 1.17 bits per heavy atom. The van der Waals surface area contributed by atoms with Crippen LogP contribution >= 0.6 is 23.2 Å². The fourth-order valence-electron chi connectivity index (χ4n) is 1.15. The van der Waals surface area contributed by atoms with Crippen molar-refractivity contribution in [3.8, 4) is 12.1 Å². The quantitative estimate of drug-likeness (QED) is 0.722. The molecule has 0 bridgehead atoms. The molecule has 2 nitrogen and oxygen atoms in total. The molecule has 92 valence electrons. The van der Waals surface area contributed by atoms with Crippen LogP contribution in [0.1, 0.15) is 11.1 Å². The molecular formula is C11H3Cl2F3N2. The van der Waals surface area contributed by atoms with Gasteiger partial charge in [-0.1, -0.05) is 29.3 Å². The zero-order valence-corrected chi connectivity index (χ0v) is 10.0.